The molecule has 1 heterocycles. The first-order valence-corrected chi connectivity index (χ1v) is 5.39. The topological polar surface area (TPSA) is 3.24 Å². The van der Waals surface area contributed by atoms with Crippen LogP contribution in [0, 0.1) is 0 Å². The van der Waals surface area contributed by atoms with Gasteiger partial charge in [0.05, 0.1) is 26.2 Å². The van der Waals surface area contributed by atoms with Crippen molar-refractivity contribution in [1.82, 2.24) is 4.90 Å². The Kier molecular flexibility index (Phi) is 2.75. The van der Waals surface area contributed by atoms with E-state index >= 15 is 0 Å². The molecule has 0 bridgehead atoms. The van der Waals surface area contributed by atoms with Crippen molar-refractivity contribution in [1.29, 1.82) is 0 Å². The van der Waals surface area contributed by atoms with Gasteiger partial charge >= 0.3 is 0 Å². The zero-order chi connectivity index (χ0) is 10.3. The van der Waals surface area contributed by atoms with Crippen molar-refractivity contribution >= 4 is 0 Å². The molecule has 0 aliphatic carbocycles. The van der Waals surface area contributed by atoms with Crippen LogP contribution in [0.5, 0.6) is 0 Å². The fourth-order valence-corrected chi connectivity index (χ4v) is 2.40. The maximum atomic E-state index is 2.62. The molecule has 1 saturated heterocycles. The van der Waals surface area contributed by atoms with E-state index in [1.165, 1.54) is 24.2 Å². The van der Waals surface area contributed by atoms with E-state index in [9.17, 15) is 0 Å². The average Bonchev–Trinajstić information content (AvgIpc) is 2.27. The van der Waals surface area contributed by atoms with E-state index in [1.54, 1.807) is 0 Å². The Balaban J connectivity index is 2.72. The zero-order valence-electron chi connectivity index (χ0n) is 10.1. The Morgan fingerprint density at radius 2 is 1.92 bits per heavy atom. The molecule has 2 nitrogen and oxygen atoms in total. The summed E-state index contributed by atoms with van der Waals surface area (Å²) in [5, 5.41) is 0. The van der Waals surface area contributed by atoms with Crippen LogP contribution < -0.4 is 0 Å². The van der Waals surface area contributed by atoms with Crippen LogP contribution in [0.2, 0.25) is 0 Å². The summed E-state index contributed by atoms with van der Waals surface area (Å²) in [4.78, 5) is 2.62. The summed E-state index contributed by atoms with van der Waals surface area (Å²) in [6, 6.07) is 0.727. The van der Waals surface area contributed by atoms with Crippen molar-refractivity contribution in [2.75, 3.05) is 26.8 Å². The molecule has 0 radical (unpaired) electrons. The van der Waals surface area contributed by atoms with Gasteiger partial charge in [-0.25, -0.2) is 4.90 Å². The van der Waals surface area contributed by atoms with E-state index < -0.39 is 0 Å². The van der Waals surface area contributed by atoms with Gasteiger partial charge in [0.2, 0.25) is 0 Å². The number of nitrogens with zero attached hydrogens (tertiary/aromatic N) is 2. The predicted molar refractivity (Wildman–Crippen MR) is 57.5 cm³/mol. The Labute approximate surface area is 83.1 Å². The van der Waals surface area contributed by atoms with Gasteiger partial charge in [0, 0.05) is 5.54 Å². The standard InChI is InChI=1S/C11H25N2/c1-7-13(6)8-10(2)12(9-13)11(3,4)5/h10H,7-9H2,1-6H3/q+1/t10?,13-/m1/s1. The number of quaternary nitrogens is 1. The third-order valence-electron chi connectivity index (χ3n) is 3.36. The molecule has 0 aromatic heterocycles. The van der Waals surface area contributed by atoms with Crippen LogP contribution >= 0.6 is 0 Å². The molecular formula is C11H25N2+. The Bertz CT molecular complexity index is 183. The Morgan fingerprint density at radius 3 is 2.15 bits per heavy atom. The number of likely N-dealkylation sites (N-methyl/N-ethyl adjacent to an activating group) is 1. The minimum atomic E-state index is 0.324. The molecule has 2 atom stereocenters. The molecule has 0 aromatic carbocycles. The van der Waals surface area contributed by atoms with Crippen LogP contribution in [0.4, 0.5) is 0 Å². The quantitative estimate of drug-likeness (QED) is 0.564. The van der Waals surface area contributed by atoms with Gasteiger partial charge in [-0.1, -0.05) is 0 Å². The van der Waals surface area contributed by atoms with Crippen molar-refractivity contribution < 1.29 is 4.48 Å². The molecule has 0 amide bonds. The van der Waals surface area contributed by atoms with Gasteiger partial charge in [0.1, 0.15) is 6.67 Å². The lowest BCUT2D eigenvalue weighted by atomic mass is 10.1. The molecular weight excluding hydrogens is 160 g/mol. The van der Waals surface area contributed by atoms with E-state index in [0.717, 1.165) is 6.04 Å². The highest BCUT2D eigenvalue weighted by Gasteiger charge is 2.41. The lowest BCUT2D eigenvalue weighted by Crippen LogP contribution is -2.47. The van der Waals surface area contributed by atoms with Crippen molar-refractivity contribution in [3.8, 4) is 0 Å². The van der Waals surface area contributed by atoms with Crippen molar-refractivity contribution in [3.05, 3.63) is 0 Å². The molecule has 0 spiro atoms. The molecule has 1 unspecified atom stereocenters. The summed E-state index contributed by atoms with van der Waals surface area (Å²) < 4.78 is 1.21. The monoisotopic (exact) mass is 185 g/mol. The normalized spacial score (nSPS) is 36.9. The lowest BCUT2D eigenvalue weighted by Gasteiger charge is -2.34. The highest BCUT2D eigenvalue weighted by atomic mass is 15.5. The molecule has 1 aliphatic heterocycles. The highest BCUT2D eigenvalue weighted by molar-refractivity contribution is 4.82. The van der Waals surface area contributed by atoms with E-state index in [2.05, 4.69) is 46.6 Å². The van der Waals surface area contributed by atoms with E-state index in [1.807, 2.05) is 0 Å². The second-order valence-electron chi connectivity index (χ2n) is 5.75. The van der Waals surface area contributed by atoms with Gasteiger partial charge in [-0.15, -0.1) is 0 Å². The molecule has 0 saturated carbocycles. The van der Waals surface area contributed by atoms with Crippen LogP contribution in [0.15, 0.2) is 0 Å². The van der Waals surface area contributed by atoms with Gasteiger partial charge < -0.3 is 4.48 Å². The van der Waals surface area contributed by atoms with Crippen LogP contribution in [-0.2, 0) is 0 Å². The molecule has 0 aromatic rings. The van der Waals surface area contributed by atoms with Gasteiger partial charge in [0.25, 0.3) is 0 Å². The Hall–Kier alpha value is -0.0800. The molecule has 1 rings (SSSR count). The SMILES string of the molecule is CC[N@+]1(C)CC(C)N(C(C)(C)C)C1. The fourth-order valence-electron chi connectivity index (χ4n) is 2.40. The lowest BCUT2D eigenvalue weighted by molar-refractivity contribution is -0.901. The van der Waals surface area contributed by atoms with E-state index in [4.69, 9.17) is 0 Å². The summed E-state index contributed by atoms with van der Waals surface area (Å²) in [5.74, 6) is 0. The predicted octanol–water partition coefficient (Wildman–Crippen LogP) is 1.91. The first-order valence-electron chi connectivity index (χ1n) is 5.39. The van der Waals surface area contributed by atoms with Gasteiger partial charge in [0.15, 0.2) is 0 Å². The fraction of sp³-hybridized carbons (Fsp3) is 1.00. The summed E-state index contributed by atoms with van der Waals surface area (Å²) in [6.07, 6.45) is 0. The molecule has 1 fully saturated rings. The zero-order valence-corrected chi connectivity index (χ0v) is 10.1. The minimum Gasteiger partial charge on any atom is -0.312 e. The first kappa shape index (κ1) is 11.0. The maximum Gasteiger partial charge on any atom is 0.135 e. The van der Waals surface area contributed by atoms with Crippen molar-refractivity contribution in [2.24, 2.45) is 0 Å². The largest absolute Gasteiger partial charge is 0.312 e. The molecule has 2 heteroatoms. The molecule has 0 N–H and O–H groups in total. The second-order valence-corrected chi connectivity index (χ2v) is 5.75. The molecule has 1 aliphatic rings. The van der Waals surface area contributed by atoms with Gasteiger partial charge in [-0.2, -0.15) is 0 Å². The van der Waals surface area contributed by atoms with Crippen LogP contribution in [0.1, 0.15) is 34.6 Å². The van der Waals surface area contributed by atoms with Crippen LogP contribution in [0.3, 0.4) is 0 Å². The second kappa shape index (κ2) is 3.25. The summed E-state index contributed by atoms with van der Waals surface area (Å²) >= 11 is 0. The van der Waals surface area contributed by atoms with Crippen molar-refractivity contribution in [3.63, 3.8) is 0 Å². The summed E-state index contributed by atoms with van der Waals surface area (Å²) in [6.45, 7) is 15.3. The minimum absolute atomic E-state index is 0.324. The number of rotatable bonds is 1. The van der Waals surface area contributed by atoms with Crippen LogP contribution in [-0.4, -0.2) is 47.8 Å². The van der Waals surface area contributed by atoms with Gasteiger partial charge in [-0.3, -0.25) is 0 Å². The number of hydrogen-bond donors (Lipinski definition) is 0. The first-order chi connectivity index (χ1) is 5.78. The third kappa shape index (κ3) is 2.23. The van der Waals surface area contributed by atoms with Crippen LogP contribution in [0.25, 0.3) is 0 Å². The highest BCUT2D eigenvalue weighted by Crippen LogP contribution is 2.26. The van der Waals surface area contributed by atoms with Crippen molar-refractivity contribution in [2.45, 2.75) is 46.2 Å². The number of hydrogen-bond acceptors (Lipinski definition) is 1. The smallest absolute Gasteiger partial charge is 0.135 e. The van der Waals surface area contributed by atoms with E-state index in [-0.39, 0.29) is 0 Å². The Morgan fingerprint density at radius 1 is 1.38 bits per heavy atom. The average molecular weight is 185 g/mol. The molecule has 13 heavy (non-hydrogen) atoms. The molecule has 78 valence electrons. The third-order valence-corrected chi connectivity index (χ3v) is 3.36. The summed E-state index contributed by atoms with van der Waals surface area (Å²) in [5.41, 5.74) is 0.324. The van der Waals surface area contributed by atoms with E-state index in [0.29, 0.717) is 5.54 Å². The summed E-state index contributed by atoms with van der Waals surface area (Å²) in [7, 11) is 2.36. The van der Waals surface area contributed by atoms with Gasteiger partial charge in [-0.05, 0) is 34.6 Å². The maximum absolute atomic E-state index is 2.62.